The molecule has 3 N–H and O–H groups in total. The Morgan fingerprint density at radius 1 is 1.69 bits per heavy atom. The summed E-state index contributed by atoms with van der Waals surface area (Å²) in [4.78, 5) is 11.4. The largest absolute Gasteiger partial charge is 0.346 e. The van der Waals surface area contributed by atoms with Crippen molar-refractivity contribution in [2.75, 3.05) is 13.1 Å². The van der Waals surface area contributed by atoms with Gasteiger partial charge >= 0.3 is 0 Å². The van der Waals surface area contributed by atoms with E-state index < -0.39 is 24.9 Å². The first kappa shape index (κ1) is 12.6. The maximum Gasteiger partial charge on any atom is 0.277 e. The molecule has 0 bridgehead atoms. The van der Waals surface area contributed by atoms with Crippen LogP contribution in [-0.2, 0) is 6.54 Å². The fraction of sp³-hybridized carbons (Fsp3) is 0.556. The van der Waals surface area contributed by atoms with E-state index in [0.29, 0.717) is 6.54 Å². The van der Waals surface area contributed by atoms with E-state index >= 15 is 0 Å². The zero-order valence-corrected chi connectivity index (χ0v) is 8.91. The number of aromatic nitrogens is 2. The fourth-order valence-electron chi connectivity index (χ4n) is 1.04. The predicted octanol–water partition coefficient (Wildman–Crippen LogP) is 0.227. The third kappa shape index (κ3) is 3.27. The van der Waals surface area contributed by atoms with Crippen molar-refractivity contribution in [2.45, 2.75) is 19.4 Å². The van der Waals surface area contributed by atoms with Gasteiger partial charge in [-0.05, 0) is 6.92 Å². The Bertz CT molecular complexity index is 364. The van der Waals surface area contributed by atoms with Crippen molar-refractivity contribution in [3.05, 3.63) is 18.0 Å². The molecule has 0 unspecified atom stereocenters. The molecule has 0 aromatic carbocycles. The molecule has 7 heteroatoms. The summed E-state index contributed by atoms with van der Waals surface area (Å²) >= 11 is 0. The normalized spacial score (nSPS) is 11.5. The number of rotatable bonds is 5. The van der Waals surface area contributed by atoms with Gasteiger partial charge in [-0.3, -0.25) is 9.48 Å². The molecule has 0 spiro atoms. The van der Waals surface area contributed by atoms with Gasteiger partial charge in [0.2, 0.25) is 0 Å². The van der Waals surface area contributed by atoms with E-state index in [4.69, 9.17) is 5.73 Å². The van der Waals surface area contributed by atoms with Crippen LogP contribution in [0.3, 0.4) is 0 Å². The third-order valence-electron chi connectivity index (χ3n) is 2.03. The van der Waals surface area contributed by atoms with Crippen LogP contribution in [0.15, 0.2) is 12.4 Å². The number of nitrogens with two attached hydrogens (primary N) is 1. The monoisotopic (exact) mass is 232 g/mol. The molecule has 16 heavy (non-hydrogen) atoms. The van der Waals surface area contributed by atoms with Gasteiger partial charge in [0.1, 0.15) is 0 Å². The molecule has 0 fully saturated rings. The average molecular weight is 232 g/mol. The molecule has 5 nitrogen and oxygen atoms in total. The van der Waals surface area contributed by atoms with Gasteiger partial charge in [0.15, 0.2) is 0 Å². The average Bonchev–Trinajstić information content (AvgIpc) is 2.74. The van der Waals surface area contributed by atoms with Crippen LogP contribution in [0.25, 0.3) is 0 Å². The number of aryl methyl sites for hydroxylation is 1. The molecule has 0 saturated carbocycles. The molecule has 0 aliphatic rings. The van der Waals surface area contributed by atoms with Crippen molar-refractivity contribution in [3.8, 4) is 0 Å². The van der Waals surface area contributed by atoms with Crippen LogP contribution in [0.2, 0.25) is 0 Å². The molecule has 90 valence electrons. The Morgan fingerprint density at radius 3 is 2.88 bits per heavy atom. The van der Waals surface area contributed by atoms with Crippen LogP contribution >= 0.6 is 0 Å². The highest BCUT2D eigenvalue weighted by Gasteiger charge is 2.27. The predicted molar refractivity (Wildman–Crippen MR) is 54.2 cm³/mol. The lowest BCUT2D eigenvalue weighted by atomic mass is 10.3. The molecule has 0 atom stereocenters. The van der Waals surface area contributed by atoms with Gasteiger partial charge in [-0.15, -0.1) is 0 Å². The minimum atomic E-state index is -3.07. The topological polar surface area (TPSA) is 72.9 Å². The van der Waals surface area contributed by atoms with Crippen molar-refractivity contribution in [1.29, 1.82) is 0 Å². The molecule has 0 aliphatic heterocycles. The van der Waals surface area contributed by atoms with Crippen LogP contribution in [-0.4, -0.2) is 34.7 Å². The Morgan fingerprint density at radius 2 is 2.38 bits per heavy atom. The molecule has 1 rings (SSSR count). The maximum absolute atomic E-state index is 12.7. The molecule has 0 radical (unpaired) electrons. The quantitative estimate of drug-likeness (QED) is 0.763. The van der Waals surface area contributed by atoms with E-state index in [1.807, 2.05) is 6.92 Å². The molecule has 1 amide bonds. The van der Waals surface area contributed by atoms with Gasteiger partial charge in [0.25, 0.3) is 11.8 Å². The number of hydrogen-bond donors (Lipinski definition) is 2. The second-order valence-electron chi connectivity index (χ2n) is 3.33. The highest BCUT2D eigenvalue weighted by molar-refractivity contribution is 5.93. The van der Waals surface area contributed by atoms with E-state index in [1.54, 1.807) is 0 Å². The number of nitrogens with zero attached hydrogens (tertiary/aromatic N) is 2. The van der Waals surface area contributed by atoms with Gasteiger partial charge < -0.3 is 11.1 Å². The van der Waals surface area contributed by atoms with Crippen LogP contribution in [0.5, 0.6) is 0 Å². The van der Waals surface area contributed by atoms with Crippen LogP contribution in [0, 0.1) is 0 Å². The fourth-order valence-corrected chi connectivity index (χ4v) is 1.04. The standard InChI is InChI=1S/C9H14F2N4O/c1-2-15-4-7(3-14-15)8(16)13-6-9(10,11)5-12/h3-4H,2,5-6,12H2,1H3,(H,13,16). The van der Waals surface area contributed by atoms with Crippen molar-refractivity contribution in [3.63, 3.8) is 0 Å². The lowest BCUT2D eigenvalue weighted by molar-refractivity contribution is 0.0118. The summed E-state index contributed by atoms with van der Waals surface area (Å²) in [6, 6.07) is 0. The van der Waals surface area contributed by atoms with E-state index in [9.17, 15) is 13.6 Å². The van der Waals surface area contributed by atoms with Crippen LogP contribution in [0.1, 0.15) is 17.3 Å². The van der Waals surface area contributed by atoms with Gasteiger partial charge in [-0.1, -0.05) is 0 Å². The summed E-state index contributed by atoms with van der Waals surface area (Å²) in [6.45, 7) is 0.921. The first-order valence-corrected chi connectivity index (χ1v) is 4.87. The number of alkyl halides is 2. The first-order chi connectivity index (χ1) is 7.48. The third-order valence-corrected chi connectivity index (χ3v) is 2.03. The second kappa shape index (κ2) is 5.02. The summed E-state index contributed by atoms with van der Waals surface area (Å²) in [7, 11) is 0. The smallest absolute Gasteiger partial charge is 0.277 e. The Kier molecular flexibility index (Phi) is 3.94. The number of carbonyl (C=O) groups is 1. The van der Waals surface area contributed by atoms with Crippen molar-refractivity contribution >= 4 is 5.91 Å². The van der Waals surface area contributed by atoms with Crippen molar-refractivity contribution < 1.29 is 13.6 Å². The van der Waals surface area contributed by atoms with Gasteiger partial charge in [-0.2, -0.15) is 5.10 Å². The van der Waals surface area contributed by atoms with Crippen LogP contribution < -0.4 is 11.1 Å². The SMILES string of the molecule is CCn1cc(C(=O)NCC(F)(F)CN)cn1. The Hall–Kier alpha value is -1.50. The zero-order chi connectivity index (χ0) is 12.2. The molecule has 1 aromatic rings. The van der Waals surface area contributed by atoms with E-state index in [-0.39, 0.29) is 5.56 Å². The number of amides is 1. The van der Waals surface area contributed by atoms with E-state index in [1.165, 1.54) is 17.1 Å². The second-order valence-corrected chi connectivity index (χ2v) is 3.33. The maximum atomic E-state index is 12.7. The number of halogens is 2. The van der Waals surface area contributed by atoms with Gasteiger partial charge in [0.05, 0.1) is 24.8 Å². The lowest BCUT2D eigenvalue weighted by Crippen LogP contribution is -2.41. The lowest BCUT2D eigenvalue weighted by Gasteiger charge is -2.13. The molecule has 0 aliphatic carbocycles. The zero-order valence-electron chi connectivity index (χ0n) is 8.91. The van der Waals surface area contributed by atoms with Gasteiger partial charge in [-0.25, -0.2) is 8.78 Å². The minimum Gasteiger partial charge on any atom is -0.346 e. The highest BCUT2D eigenvalue weighted by Crippen LogP contribution is 2.09. The van der Waals surface area contributed by atoms with Gasteiger partial charge in [0, 0.05) is 12.7 Å². The number of nitrogens with one attached hydrogen (secondary N) is 1. The molecule has 1 heterocycles. The number of carbonyl (C=O) groups excluding carboxylic acids is 1. The first-order valence-electron chi connectivity index (χ1n) is 4.87. The summed E-state index contributed by atoms with van der Waals surface area (Å²) in [6.07, 6.45) is 2.83. The van der Waals surface area contributed by atoms with Crippen molar-refractivity contribution in [2.24, 2.45) is 5.73 Å². The molecular formula is C9H14F2N4O. The number of hydrogen-bond acceptors (Lipinski definition) is 3. The summed E-state index contributed by atoms with van der Waals surface area (Å²) < 4.78 is 27.0. The van der Waals surface area contributed by atoms with Crippen LogP contribution in [0.4, 0.5) is 8.78 Å². The summed E-state index contributed by atoms with van der Waals surface area (Å²) in [5, 5.41) is 5.97. The van der Waals surface area contributed by atoms with E-state index in [2.05, 4.69) is 10.4 Å². The van der Waals surface area contributed by atoms with E-state index in [0.717, 1.165) is 0 Å². The summed E-state index contributed by atoms with van der Waals surface area (Å²) in [5.41, 5.74) is 5.10. The van der Waals surface area contributed by atoms with Crippen molar-refractivity contribution in [1.82, 2.24) is 15.1 Å². The molecule has 1 aromatic heterocycles. The Balaban J connectivity index is 2.53. The summed E-state index contributed by atoms with van der Waals surface area (Å²) in [5.74, 6) is -3.65. The Labute approximate surface area is 91.6 Å². The molecular weight excluding hydrogens is 218 g/mol. The molecule has 0 saturated heterocycles. The minimum absolute atomic E-state index is 0.259. The highest BCUT2D eigenvalue weighted by atomic mass is 19.3.